The summed E-state index contributed by atoms with van der Waals surface area (Å²) in [4.78, 5) is 11.2. The SMILES string of the molecule is NCC1(NC(=O)CC(F)(F)F)CCOCC1. The Morgan fingerprint density at radius 2 is 1.94 bits per heavy atom. The summed E-state index contributed by atoms with van der Waals surface area (Å²) < 4.78 is 41.0. The molecule has 1 fully saturated rings. The molecule has 0 saturated carbocycles. The van der Waals surface area contributed by atoms with E-state index in [0.29, 0.717) is 26.1 Å². The molecule has 1 amide bonds. The molecule has 0 aliphatic carbocycles. The van der Waals surface area contributed by atoms with E-state index in [0.717, 1.165) is 0 Å². The summed E-state index contributed by atoms with van der Waals surface area (Å²) in [6.45, 7) is 0.937. The van der Waals surface area contributed by atoms with E-state index >= 15 is 0 Å². The highest BCUT2D eigenvalue weighted by atomic mass is 19.4. The Morgan fingerprint density at radius 3 is 2.38 bits per heavy atom. The number of ether oxygens (including phenoxy) is 1. The molecule has 1 heterocycles. The van der Waals surface area contributed by atoms with Crippen molar-refractivity contribution >= 4 is 5.91 Å². The fourth-order valence-electron chi connectivity index (χ4n) is 1.66. The molecule has 0 atom stereocenters. The molecule has 3 N–H and O–H groups in total. The van der Waals surface area contributed by atoms with E-state index in [1.54, 1.807) is 0 Å². The first-order valence-corrected chi connectivity index (χ1v) is 5.02. The van der Waals surface area contributed by atoms with Crippen LogP contribution in [0.1, 0.15) is 19.3 Å². The van der Waals surface area contributed by atoms with Crippen molar-refractivity contribution in [1.82, 2.24) is 5.32 Å². The van der Waals surface area contributed by atoms with E-state index in [2.05, 4.69) is 5.32 Å². The number of hydrogen-bond acceptors (Lipinski definition) is 3. The van der Waals surface area contributed by atoms with Crippen molar-refractivity contribution in [2.45, 2.75) is 31.0 Å². The Morgan fingerprint density at radius 1 is 1.38 bits per heavy atom. The van der Waals surface area contributed by atoms with Crippen LogP contribution < -0.4 is 11.1 Å². The molecule has 1 rings (SSSR count). The molecule has 0 radical (unpaired) electrons. The third-order valence-electron chi connectivity index (χ3n) is 2.61. The van der Waals surface area contributed by atoms with E-state index < -0.39 is 24.0 Å². The van der Waals surface area contributed by atoms with Crippen molar-refractivity contribution in [2.75, 3.05) is 19.8 Å². The maximum atomic E-state index is 12.0. The number of amides is 1. The maximum Gasteiger partial charge on any atom is 0.397 e. The van der Waals surface area contributed by atoms with Gasteiger partial charge in [0.2, 0.25) is 5.91 Å². The highest BCUT2D eigenvalue weighted by Gasteiger charge is 2.37. The second-order valence-corrected chi connectivity index (χ2v) is 3.94. The third-order valence-corrected chi connectivity index (χ3v) is 2.61. The standard InChI is InChI=1S/C9H15F3N2O2/c10-9(11,12)5-7(15)14-8(6-13)1-3-16-4-2-8/h1-6,13H2,(H,14,15). The number of rotatable bonds is 3. The van der Waals surface area contributed by atoms with Gasteiger partial charge >= 0.3 is 6.18 Å². The minimum absolute atomic E-state index is 0.125. The third kappa shape index (κ3) is 3.97. The molecule has 0 aromatic heterocycles. The van der Waals surface area contributed by atoms with Gasteiger partial charge in [-0.2, -0.15) is 13.2 Å². The van der Waals surface area contributed by atoms with Gasteiger partial charge in [-0.3, -0.25) is 4.79 Å². The van der Waals surface area contributed by atoms with Gasteiger partial charge in [-0.1, -0.05) is 0 Å². The van der Waals surface area contributed by atoms with Crippen LogP contribution in [0.15, 0.2) is 0 Å². The van der Waals surface area contributed by atoms with Crippen LogP contribution in [0.2, 0.25) is 0 Å². The predicted molar refractivity (Wildman–Crippen MR) is 50.7 cm³/mol. The van der Waals surface area contributed by atoms with E-state index in [9.17, 15) is 18.0 Å². The molecule has 94 valence electrons. The molecular weight excluding hydrogens is 225 g/mol. The van der Waals surface area contributed by atoms with Crippen LogP contribution in [0.25, 0.3) is 0 Å². The molecule has 16 heavy (non-hydrogen) atoms. The van der Waals surface area contributed by atoms with Crippen LogP contribution in [-0.4, -0.2) is 37.4 Å². The van der Waals surface area contributed by atoms with Gasteiger partial charge in [-0.15, -0.1) is 0 Å². The summed E-state index contributed by atoms with van der Waals surface area (Å²) in [7, 11) is 0. The largest absolute Gasteiger partial charge is 0.397 e. The fourth-order valence-corrected chi connectivity index (χ4v) is 1.66. The first kappa shape index (κ1) is 13.2. The number of carbonyl (C=O) groups is 1. The lowest BCUT2D eigenvalue weighted by atomic mass is 9.90. The molecule has 0 aromatic carbocycles. The van der Waals surface area contributed by atoms with Crippen molar-refractivity contribution in [1.29, 1.82) is 0 Å². The number of alkyl halides is 3. The molecule has 0 aromatic rings. The number of carbonyl (C=O) groups excluding carboxylic acids is 1. The van der Waals surface area contributed by atoms with E-state index in [1.807, 2.05) is 0 Å². The second-order valence-electron chi connectivity index (χ2n) is 3.94. The second kappa shape index (κ2) is 5.01. The lowest BCUT2D eigenvalue weighted by Gasteiger charge is -2.37. The Hall–Kier alpha value is -0.820. The molecule has 1 aliphatic rings. The van der Waals surface area contributed by atoms with Gasteiger partial charge in [-0.25, -0.2) is 0 Å². The van der Waals surface area contributed by atoms with Crippen molar-refractivity contribution in [3.05, 3.63) is 0 Å². The van der Waals surface area contributed by atoms with Crippen LogP contribution in [-0.2, 0) is 9.53 Å². The lowest BCUT2D eigenvalue weighted by Crippen LogP contribution is -2.57. The van der Waals surface area contributed by atoms with Gasteiger partial charge in [0.1, 0.15) is 6.42 Å². The van der Waals surface area contributed by atoms with Gasteiger partial charge in [0.15, 0.2) is 0 Å². The average Bonchev–Trinajstić information content (AvgIpc) is 2.16. The summed E-state index contributed by atoms with van der Waals surface area (Å²) in [6.07, 6.45) is -5.04. The number of halogens is 3. The number of nitrogens with one attached hydrogen (secondary N) is 1. The zero-order chi connectivity index (χ0) is 12.2. The zero-order valence-electron chi connectivity index (χ0n) is 8.77. The first-order chi connectivity index (χ1) is 7.37. The van der Waals surface area contributed by atoms with Crippen LogP contribution >= 0.6 is 0 Å². The Bertz CT molecular complexity index is 250. The Balaban J connectivity index is 2.52. The van der Waals surface area contributed by atoms with Crippen LogP contribution in [0.4, 0.5) is 13.2 Å². The highest BCUT2D eigenvalue weighted by Crippen LogP contribution is 2.23. The Kier molecular flexibility index (Phi) is 4.15. The summed E-state index contributed by atoms with van der Waals surface area (Å²) >= 11 is 0. The van der Waals surface area contributed by atoms with Crippen LogP contribution in [0.5, 0.6) is 0 Å². The van der Waals surface area contributed by atoms with Crippen LogP contribution in [0.3, 0.4) is 0 Å². The van der Waals surface area contributed by atoms with Crippen molar-refractivity contribution in [3.8, 4) is 0 Å². The fraction of sp³-hybridized carbons (Fsp3) is 0.889. The van der Waals surface area contributed by atoms with Gasteiger partial charge in [0.25, 0.3) is 0 Å². The van der Waals surface area contributed by atoms with Crippen LogP contribution in [0, 0.1) is 0 Å². The lowest BCUT2D eigenvalue weighted by molar-refractivity contribution is -0.155. The topological polar surface area (TPSA) is 64.3 Å². The quantitative estimate of drug-likeness (QED) is 0.757. The normalized spacial score (nSPS) is 20.5. The molecule has 4 nitrogen and oxygen atoms in total. The summed E-state index contributed by atoms with van der Waals surface area (Å²) in [6, 6.07) is 0. The minimum Gasteiger partial charge on any atom is -0.381 e. The van der Waals surface area contributed by atoms with Gasteiger partial charge in [-0.05, 0) is 12.8 Å². The molecule has 0 spiro atoms. The van der Waals surface area contributed by atoms with Gasteiger partial charge in [0.05, 0.1) is 5.54 Å². The summed E-state index contributed by atoms with van der Waals surface area (Å²) in [5.41, 5.74) is 4.76. The zero-order valence-corrected chi connectivity index (χ0v) is 8.77. The van der Waals surface area contributed by atoms with E-state index in [4.69, 9.17) is 10.5 Å². The summed E-state index contributed by atoms with van der Waals surface area (Å²) in [5.74, 6) is -1.03. The van der Waals surface area contributed by atoms with Crippen molar-refractivity contribution in [2.24, 2.45) is 5.73 Å². The first-order valence-electron chi connectivity index (χ1n) is 5.02. The molecule has 0 bridgehead atoms. The van der Waals surface area contributed by atoms with Crippen molar-refractivity contribution < 1.29 is 22.7 Å². The minimum atomic E-state index is -4.48. The van der Waals surface area contributed by atoms with E-state index in [-0.39, 0.29) is 6.54 Å². The number of hydrogen-bond donors (Lipinski definition) is 2. The summed E-state index contributed by atoms with van der Waals surface area (Å²) in [5, 5.41) is 2.37. The predicted octanol–water partition coefficient (Wildman–Crippen LogP) is 0.563. The molecular formula is C9H15F3N2O2. The van der Waals surface area contributed by atoms with Gasteiger partial charge < -0.3 is 15.8 Å². The monoisotopic (exact) mass is 240 g/mol. The molecule has 1 aliphatic heterocycles. The molecule has 7 heteroatoms. The highest BCUT2D eigenvalue weighted by molar-refractivity contribution is 5.77. The number of nitrogens with two attached hydrogens (primary N) is 1. The maximum absolute atomic E-state index is 12.0. The Labute approximate surface area is 91.3 Å². The average molecular weight is 240 g/mol. The van der Waals surface area contributed by atoms with Crippen molar-refractivity contribution in [3.63, 3.8) is 0 Å². The molecule has 1 saturated heterocycles. The molecule has 0 unspecified atom stereocenters. The van der Waals surface area contributed by atoms with Gasteiger partial charge in [0, 0.05) is 19.8 Å². The van der Waals surface area contributed by atoms with E-state index in [1.165, 1.54) is 0 Å². The smallest absolute Gasteiger partial charge is 0.381 e.